The first kappa shape index (κ1) is 19.7. The van der Waals surface area contributed by atoms with E-state index in [-0.39, 0.29) is 18.2 Å². The smallest absolute Gasteiger partial charge is 0.238 e. The molecule has 2 aliphatic rings. The molecular formula is C21H25N5O2S. The van der Waals surface area contributed by atoms with Crippen molar-refractivity contribution in [1.82, 2.24) is 15.2 Å². The summed E-state index contributed by atoms with van der Waals surface area (Å²) in [6.07, 6.45) is 1.96. The summed E-state index contributed by atoms with van der Waals surface area (Å²) >= 11 is 1.44. The first-order chi connectivity index (χ1) is 14.1. The predicted molar refractivity (Wildman–Crippen MR) is 115 cm³/mol. The van der Waals surface area contributed by atoms with E-state index < -0.39 is 5.25 Å². The molecule has 1 aromatic carbocycles. The SMILES string of the molecule is CN1CCN(c2ccc(CNC(=O)CC3Sc4ccccc4NC3=O)cn2)CC1. The molecule has 2 N–H and O–H groups in total. The minimum absolute atomic E-state index is 0.123. The molecule has 0 bridgehead atoms. The highest BCUT2D eigenvalue weighted by molar-refractivity contribution is 8.01. The molecule has 29 heavy (non-hydrogen) atoms. The highest BCUT2D eigenvalue weighted by atomic mass is 32.2. The van der Waals surface area contributed by atoms with Crippen molar-refractivity contribution in [3.8, 4) is 0 Å². The molecular weight excluding hydrogens is 386 g/mol. The molecule has 0 aliphatic carbocycles. The summed E-state index contributed by atoms with van der Waals surface area (Å²) in [6.45, 7) is 4.44. The lowest BCUT2D eigenvalue weighted by atomic mass is 10.2. The third-order valence-electron chi connectivity index (χ3n) is 5.20. The summed E-state index contributed by atoms with van der Waals surface area (Å²) in [5.41, 5.74) is 1.76. The maximum absolute atomic E-state index is 12.3. The van der Waals surface area contributed by atoms with E-state index in [4.69, 9.17) is 0 Å². The molecule has 2 aliphatic heterocycles. The van der Waals surface area contributed by atoms with Crippen LogP contribution in [0.25, 0.3) is 0 Å². The summed E-state index contributed by atoms with van der Waals surface area (Å²) in [7, 11) is 2.13. The molecule has 2 aromatic rings. The van der Waals surface area contributed by atoms with Gasteiger partial charge >= 0.3 is 0 Å². The first-order valence-electron chi connectivity index (χ1n) is 9.80. The predicted octanol–water partition coefficient (Wildman–Crippen LogP) is 1.95. The minimum Gasteiger partial charge on any atom is -0.354 e. The number of fused-ring (bicyclic) bond motifs is 1. The van der Waals surface area contributed by atoms with Crippen molar-refractivity contribution in [3.05, 3.63) is 48.2 Å². The largest absolute Gasteiger partial charge is 0.354 e. The number of rotatable bonds is 5. The second kappa shape index (κ2) is 8.84. The van der Waals surface area contributed by atoms with Crippen molar-refractivity contribution in [2.75, 3.05) is 43.4 Å². The molecule has 8 heteroatoms. The van der Waals surface area contributed by atoms with E-state index in [1.807, 2.05) is 42.6 Å². The van der Waals surface area contributed by atoms with Gasteiger partial charge in [-0.15, -0.1) is 11.8 Å². The molecule has 0 saturated carbocycles. The van der Waals surface area contributed by atoms with Crippen LogP contribution in [0.5, 0.6) is 0 Å². The number of hydrogen-bond acceptors (Lipinski definition) is 6. The van der Waals surface area contributed by atoms with Crippen molar-refractivity contribution in [1.29, 1.82) is 0 Å². The van der Waals surface area contributed by atoms with E-state index in [1.54, 1.807) is 0 Å². The van der Waals surface area contributed by atoms with Gasteiger partial charge in [-0.1, -0.05) is 18.2 Å². The van der Waals surface area contributed by atoms with E-state index in [0.717, 1.165) is 48.1 Å². The van der Waals surface area contributed by atoms with Crippen LogP contribution in [-0.4, -0.2) is 60.2 Å². The quantitative estimate of drug-likeness (QED) is 0.783. The zero-order valence-corrected chi connectivity index (χ0v) is 17.2. The van der Waals surface area contributed by atoms with E-state index in [2.05, 4.69) is 32.5 Å². The number of anilines is 2. The Kier molecular flexibility index (Phi) is 6.01. The summed E-state index contributed by atoms with van der Waals surface area (Å²) < 4.78 is 0. The van der Waals surface area contributed by atoms with Gasteiger partial charge in [-0.05, 0) is 30.8 Å². The third-order valence-corrected chi connectivity index (χ3v) is 6.48. The van der Waals surface area contributed by atoms with Crippen LogP contribution in [0.1, 0.15) is 12.0 Å². The van der Waals surface area contributed by atoms with Gasteiger partial charge in [0.2, 0.25) is 11.8 Å². The van der Waals surface area contributed by atoms with Gasteiger partial charge in [0.25, 0.3) is 0 Å². The molecule has 1 atom stereocenters. The lowest BCUT2D eigenvalue weighted by molar-refractivity contribution is -0.124. The van der Waals surface area contributed by atoms with E-state index in [0.29, 0.717) is 6.54 Å². The zero-order chi connectivity index (χ0) is 20.2. The summed E-state index contributed by atoms with van der Waals surface area (Å²) in [6, 6.07) is 11.6. The van der Waals surface area contributed by atoms with Gasteiger partial charge in [0.1, 0.15) is 5.82 Å². The molecule has 3 heterocycles. The maximum Gasteiger partial charge on any atom is 0.238 e. The van der Waals surface area contributed by atoms with Gasteiger partial charge in [0.15, 0.2) is 0 Å². The number of thioether (sulfide) groups is 1. The molecule has 1 fully saturated rings. The van der Waals surface area contributed by atoms with Crippen LogP contribution >= 0.6 is 11.8 Å². The number of aromatic nitrogens is 1. The second-order valence-corrected chi connectivity index (χ2v) is 8.63. The number of carbonyl (C=O) groups excluding carboxylic acids is 2. The van der Waals surface area contributed by atoms with Gasteiger partial charge in [0, 0.05) is 50.2 Å². The van der Waals surface area contributed by atoms with Crippen LogP contribution in [-0.2, 0) is 16.1 Å². The van der Waals surface area contributed by atoms with Crippen LogP contribution < -0.4 is 15.5 Å². The molecule has 2 amide bonds. The number of benzene rings is 1. The van der Waals surface area contributed by atoms with Crippen molar-refractivity contribution >= 4 is 35.1 Å². The Balaban J connectivity index is 1.27. The van der Waals surface area contributed by atoms with E-state index >= 15 is 0 Å². The number of likely N-dealkylation sites (N-methyl/N-ethyl adjacent to an activating group) is 1. The fourth-order valence-corrected chi connectivity index (χ4v) is 4.52. The topological polar surface area (TPSA) is 77.6 Å². The Hall–Kier alpha value is -2.58. The van der Waals surface area contributed by atoms with Crippen molar-refractivity contribution in [2.45, 2.75) is 23.1 Å². The highest BCUT2D eigenvalue weighted by Crippen LogP contribution is 2.36. The first-order valence-corrected chi connectivity index (χ1v) is 10.7. The molecule has 0 spiro atoms. The average molecular weight is 412 g/mol. The van der Waals surface area contributed by atoms with E-state index in [9.17, 15) is 9.59 Å². The number of amides is 2. The Morgan fingerprint density at radius 2 is 2.00 bits per heavy atom. The number of piperazine rings is 1. The molecule has 1 aromatic heterocycles. The maximum atomic E-state index is 12.3. The standard InChI is InChI=1S/C21H25N5O2S/c1-25-8-10-26(11-9-25)19-7-6-15(13-22-19)14-23-20(27)12-18-21(28)24-16-4-2-3-5-17(16)29-18/h2-7,13,18H,8-12,14H2,1H3,(H,23,27)(H,24,28). The lowest BCUT2D eigenvalue weighted by Crippen LogP contribution is -2.44. The van der Waals surface area contributed by atoms with Gasteiger partial charge < -0.3 is 20.4 Å². The van der Waals surface area contributed by atoms with Crippen molar-refractivity contribution < 1.29 is 9.59 Å². The fraction of sp³-hybridized carbons (Fsp3) is 0.381. The molecule has 4 rings (SSSR count). The number of para-hydroxylation sites is 1. The van der Waals surface area contributed by atoms with Crippen molar-refractivity contribution in [3.63, 3.8) is 0 Å². The number of hydrogen-bond donors (Lipinski definition) is 2. The van der Waals surface area contributed by atoms with Crippen LogP contribution in [0.3, 0.4) is 0 Å². The van der Waals surface area contributed by atoms with Gasteiger partial charge in [-0.25, -0.2) is 4.98 Å². The Labute approximate surface area is 174 Å². The Morgan fingerprint density at radius 1 is 1.21 bits per heavy atom. The molecule has 152 valence electrons. The fourth-order valence-electron chi connectivity index (χ4n) is 3.41. The number of pyridine rings is 1. The average Bonchev–Trinajstić information content (AvgIpc) is 2.74. The number of nitrogens with zero attached hydrogens (tertiary/aromatic N) is 3. The molecule has 1 saturated heterocycles. The van der Waals surface area contributed by atoms with Crippen molar-refractivity contribution in [2.24, 2.45) is 0 Å². The normalized spacial score (nSPS) is 19.4. The zero-order valence-electron chi connectivity index (χ0n) is 16.4. The molecule has 0 radical (unpaired) electrons. The summed E-state index contributed by atoms with van der Waals surface area (Å²) in [5.74, 6) is 0.712. The number of carbonyl (C=O) groups is 2. The van der Waals surface area contributed by atoms with Crippen LogP contribution in [0.4, 0.5) is 11.5 Å². The van der Waals surface area contributed by atoms with Crippen LogP contribution in [0.2, 0.25) is 0 Å². The summed E-state index contributed by atoms with van der Waals surface area (Å²) in [5, 5.41) is 5.36. The third kappa shape index (κ3) is 4.89. The molecule has 7 nitrogen and oxygen atoms in total. The second-order valence-electron chi connectivity index (χ2n) is 7.39. The van der Waals surface area contributed by atoms with Gasteiger partial charge in [0.05, 0.1) is 10.9 Å². The highest BCUT2D eigenvalue weighted by Gasteiger charge is 2.28. The summed E-state index contributed by atoms with van der Waals surface area (Å²) in [4.78, 5) is 34.7. The molecule has 1 unspecified atom stereocenters. The Morgan fingerprint density at radius 3 is 2.76 bits per heavy atom. The van der Waals surface area contributed by atoms with Crippen LogP contribution in [0.15, 0.2) is 47.5 Å². The lowest BCUT2D eigenvalue weighted by Gasteiger charge is -2.33. The minimum atomic E-state index is -0.414. The van der Waals surface area contributed by atoms with Gasteiger partial charge in [-0.3, -0.25) is 9.59 Å². The van der Waals surface area contributed by atoms with Gasteiger partial charge in [-0.2, -0.15) is 0 Å². The van der Waals surface area contributed by atoms with Crippen LogP contribution in [0, 0.1) is 0 Å². The number of nitrogens with one attached hydrogen (secondary N) is 2. The van der Waals surface area contributed by atoms with E-state index in [1.165, 1.54) is 11.8 Å². The monoisotopic (exact) mass is 411 g/mol. The Bertz CT molecular complexity index is 881.